The number of rotatable bonds is 6. The van der Waals surface area contributed by atoms with Gasteiger partial charge in [-0.15, -0.1) is 0 Å². The minimum atomic E-state index is 0.322. The van der Waals surface area contributed by atoms with Crippen LogP contribution in [0.2, 0.25) is 0 Å². The third kappa shape index (κ3) is 5.23. The van der Waals surface area contributed by atoms with Gasteiger partial charge in [0.05, 0.1) is 6.54 Å². The maximum atomic E-state index is 5.82. The lowest BCUT2D eigenvalue weighted by atomic mass is 9.96. The van der Waals surface area contributed by atoms with Crippen LogP contribution in [0.25, 0.3) is 0 Å². The first-order valence-corrected chi connectivity index (χ1v) is 6.79. The SMILES string of the molecule is CCNCc1cc(CN(C)CC(C)(C)C)oc1C. The molecule has 0 unspecified atom stereocenters. The monoisotopic (exact) mass is 252 g/mol. The van der Waals surface area contributed by atoms with Crippen molar-refractivity contribution < 1.29 is 4.42 Å². The average molecular weight is 252 g/mol. The molecule has 3 nitrogen and oxygen atoms in total. The van der Waals surface area contributed by atoms with E-state index in [-0.39, 0.29) is 0 Å². The molecule has 0 saturated heterocycles. The number of aryl methyl sites for hydroxylation is 1. The summed E-state index contributed by atoms with van der Waals surface area (Å²) in [7, 11) is 2.15. The maximum absolute atomic E-state index is 5.82. The summed E-state index contributed by atoms with van der Waals surface area (Å²) < 4.78 is 5.82. The van der Waals surface area contributed by atoms with Gasteiger partial charge in [-0.2, -0.15) is 0 Å². The summed E-state index contributed by atoms with van der Waals surface area (Å²) in [5.41, 5.74) is 1.60. The topological polar surface area (TPSA) is 28.4 Å². The smallest absolute Gasteiger partial charge is 0.118 e. The summed E-state index contributed by atoms with van der Waals surface area (Å²) in [5, 5.41) is 3.34. The van der Waals surface area contributed by atoms with Gasteiger partial charge in [-0.25, -0.2) is 0 Å². The quantitative estimate of drug-likeness (QED) is 0.843. The van der Waals surface area contributed by atoms with Crippen molar-refractivity contribution in [2.45, 2.75) is 47.7 Å². The molecule has 0 bridgehead atoms. The molecule has 0 aliphatic carbocycles. The molecule has 1 aromatic heterocycles. The molecule has 0 fully saturated rings. The van der Waals surface area contributed by atoms with E-state index in [1.807, 2.05) is 6.92 Å². The van der Waals surface area contributed by atoms with Crippen LogP contribution in [0.3, 0.4) is 0 Å². The molecule has 0 saturated carbocycles. The fourth-order valence-electron chi connectivity index (χ4n) is 2.23. The summed E-state index contributed by atoms with van der Waals surface area (Å²) in [5.74, 6) is 2.10. The van der Waals surface area contributed by atoms with E-state index in [4.69, 9.17) is 4.42 Å². The van der Waals surface area contributed by atoms with Crippen LogP contribution in [0, 0.1) is 12.3 Å². The van der Waals surface area contributed by atoms with Gasteiger partial charge in [-0.05, 0) is 32.0 Å². The first-order chi connectivity index (χ1) is 8.31. The van der Waals surface area contributed by atoms with E-state index in [2.05, 4.69) is 51.0 Å². The molecule has 1 rings (SSSR count). The van der Waals surface area contributed by atoms with Crippen molar-refractivity contribution in [1.82, 2.24) is 10.2 Å². The summed E-state index contributed by atoms with van der Waals surface area (Å²) in [4.78, 5) is 2.31. The highest BCUT2D eigenvalue weighted by atomic mass is 16.3. The number of hydrogen-bond acceptors (Lipinski definition) is 3. The minimum absolute atomic E-state index is 0.322. The van der Waals surface area contributed by atoms with Crippen molar-refractivity contribution in [2.75, 3.05) is 20.1 Å². The molecule has 104 valence electrons. The van der Waals surface area contributed by atoms with Crippen molar-refractivity contribution in [2.24, 2.45) is 5.41 Å². The van der Waals surface area contributed by atoms with Gasteiger partial charge in [0, 0.05) is 18.7 Å². The highest BCUT2D eigenvalue weighted by molar-refractivity contribution is 5.20. The highest BCUT2D eigenvalue weighted by Crippen LogP contribution is 2.19. The second-order valence-electron chi connectivity index (χ2n) is 6.31. The van der Waals surface area contributed by atoms with Crippen LogP contribution in [0.5, 0.6) is 0 Å². The molecule has 0 radical (unpaired) electrons. The summed E-state index contributed by atoms with van der Waals surface area (Å²) in [6.07, 6.45) is 0. The van der Waals surface area contributed by atoms with Gasteiger partial charge in [0.2, 0.25) is 0 Å². The fraction of sp³-hybridized carbons (Fsp3) is 0.733. The zero-order valence-corrected chi connectivity index (χ0v) is 12.8. The zero-order chi connectivity index (χ0) is 13.8. The van der Waals surface area contributed by atoms with E-state index >= 15 is 0 Å². The standard InChI is InChI=1S/C15H28N2O/c1-7-16-9-13-8-14(18-12(13)2)10-17(6)11-15(3,4)5/h8,16H,7,9-11H2,1-6H3. The largest absolute Gasteiger partial charge is 0.465 e. The van der Waals surface area contributed by atoms with Gasteiger partial charge in [0.15, 0.2) is 0 Å². The molecule has 0 aliphatic rings. The van der Waals surface area contributed by atoms with Crippen LogP contribution < -0.4 is 5.32 Å². The Morgan fingerprint density at radius 1 is 1.33 bits per heavy atom. The number of furan rings is 1. The third-order valence-electron chi connectivity index (χ3n) is 2.81. The van der Waals surface area contributed by atoms with Crippen LogP contribution in [0.1, 0.15) is 44.8 Å². The molecule has 18 heavy (non-hydrogen) atoms. The van der Waals surface area contributed by atoms with E-state index in [1.165, 1.54) is 5.56 Å². The summed E-state index contributed by atoms with van der Waals surface area (Å²) >= 11 is 0. The Hall–Kier alpha value is -0.800. The number of hydrogen-bond donors (Lipinski definition) is 1. The van der Waals surface area contributed by atoms with Crippen LogP contribution in [0.4, 0.5) is 0 Å². The molecular weight excluding hydrogens is 224 g/mol. The number of nitrogens with one attached hydrogen (secondary N) is 1. The maximum Gasteiger partial charge on any atom is 0.118 e. The molecule has 0 aromatic carbocycles. The Bertz CT molecular complexity index is 363. The Kier molecular flexibility index (Phi) is 5.42. The molecule has 1 heterocycles. The van der Waals surface area contributed by atoms with Crippen molar-refractivity contribution in [3.05, 3.63) is 23.2 Å². The summed E-state index contributed by atoms with van der Waals surface area (Å²) in [6.45, 7) is 14.8. The Balaban J connectivity index is 2.57. The Labute approximate surface area is 112 Å². The minimum Gasteiger partial charge on any atom is -0.465 e. The van der Waals surface area contributed by atoms with Gasteiger partial charge in [-0.3, -0.25) is 4.90 Å². The molecule has 0 aliphatic heterocycles. The molecule has 1 N–H and O–H groups in total. The van der Waals surface area contributed by atoms with E-state index in [0.717, 1.165) is 37.7 Å². The predicted octanol–water partition coefficient (Wildman–Crippen LogP) is 3.18. The van der Waals surface area contributed by atoms with Crippen LogP contribution in [-0.4, -0.2) is 25.0 Å². The van der Waals surface area contributed by atoms with Crippen LogP contribution in [0.15, 0.2) is 10.5 Å². The molecule has 0 atom stereocenters. The van der Waals surface area contributed by atoms with E-state index in [9.17, 15) is 0 Å². The Morgan fingerprint density at radius 3 is 2.56 bits per heavy atom. The second-order valence-corrected chi connectivity index (χ2v) is 6.31. The molecular formula is C15H28N2O. The lowest BCUT2D eigenvalue weighted by molar-refractivity contribution is 0.207. The first kappa shape index (κ1) is 15.3. The third-order valence-corrected chi connectivity index (χ3v) is 2.81. The van der Waals surface area contributed by atoms with Crippen molar-refractivity contribution >= 4 is 0 Å². The van der Waals surface area contributed by atoms with Gasteiger partial charge in [0.25, 0.3) is 0 Å². The fourth-order valence-corrected chi connectivity index (χ4v) is 2.23. The molecule has 3 heteroatoms. The average Bonchev–Trinajstić information content (AvgIpc) is 2.52. The molecule has 1 aromatic rings. The van der Waals surface area contributed by atoms with Gasteiger partial charge < -0.3 is 9.73 Å². The lowest BCUT2D eigenvalue weighted by Crippen LogP contribution is -2.28. The lowest BCUT2D eigenvalue weighted by Gasteiger charge is -2.25. The van der Waals surface area contributed by atoms with Crippen molar-refractivity contribution in [3.8, 4) is 0 Å². The zero-order valence-electron chi connectivity index (χ0n) is 12.8. The van der Waals surface area contributed by atoms with Gasteiger partial charge in [-0.1, -0.05) is 27.7 Å². The molecule has 0 spiro atoms. The molecule has 0 amide bonds. The van der Waals surface area contributed by atoms with Crippen molar-refractivity contribution in [3.63, 3.8) is 0 Å². The van der Waals surface area contributed by atoms with Crippen molar-refractivity contribution in [1.29, 1.82) is 0 Å². The summed E-state index contributed by atoms with van der Waals surface area (Å²) in [6, 6.07) is 2.18. The van der Waals surface area contributed by atoms with E-state index in [1.54, 1.807) is 0 Å². The first-order valence-electron chi connectivity index (χ1n) is 6.79. The van der Waals surface area contributed by atoms with Gasteiger partial charge >= 0.3 is 0 Å². The predicted molar refractivity (Wildman–Crippen MR) is 76.6 cm³/mol. The van der Waals surface area contributed by atoms with Crippen LogP contribution in [-0.2, 0) is 13.1 Å². The Morgan fingerprint density at radius 2 is 2.00 bits per heavy atom. The van der Waals surface area contributed by atoms with E-state index in [0.29, 0.717) is 5.41 Å². The van der Waals surface area contributed by atoms with Crippen LogP contribution >= 0.6 is 0 Å². The normalized spacial score (nSPS) is 12.4. The number of nitrogens with zero attached hydrogens (tertiary/aromatic N) is 1. The van der Waals surface area contributed by atoms with E-state index < -0.39 is 0 Å². The second kappa shape index (κ2) is 6.39. The highest BCUT2D eigenvalue weighted by Gasteiger charge is 2.15. The van der Waals surface area contributed by atoms with Gasteiger partial charge in [0.1, 0.15) is 11.5 Å².